The molecule has 1 aromatic rings. The summed E-state index contributed by atoms with van der Waals surface area (Å²) in [7, 11) is 0. The van der Waals surface area contributed by atoms with Crippen molar-refractivity contribution in [2.24, 2.45) is 0 Å². The van der Waals surface area contributed by atoms with E-state index in [1.807, 2.05) is 12.1 Å². The van der Waals surface area contributed by atoms with Gasteiger partial charge in [-0.2, -0.15) is 0 Å². The number of nitrogens with zero attached hydrogens (tertiary/aromatic N) is 1. The van der Waals surface area contributed by atoms with Crippen LogP contribution in [0.1, 0.15) is 24.2 Å². The molecule has 0 aliphatic carbocycles. The SMILES string of the molecule is CCN(CC)c1ccc(C(Cl)Cl)cc1. The fraction of sp³-hybridized carbons (Fsp3) is 0.455. The summed E-state index contributed by atoms with van der Waals surface area (Å²) in [5.41, 5.74) is 2.16. The Labute approximate surface area is 95.6 Å². The molecule has 0 aromatic heterocycles. The number of rotatable bonds is 4. The molecule has 0 amide bonds. The lowest BCUT2D eigenvalue weighted by atomic mass is 10.2. The summed E-state index contributed by atoms with van der Waals surface area (Å²) in [6.07, 6.45) is 0. The lowest BCUT2D eigenvalue weighted by Gasteiger charge is -2.21. The molecular weight excluding hydrogens is 217 g/mol. The molecule has 0 aliphatic rings. The monoisotopic (exact) mass is 231 g/mol. The van der Waals surface area contributed by atoms with Crippen molar-refractivity contribution in [2.75, 3.05) is 18.0 Å². The molecule has 0 unspecified atom stereocenters. The predicted molar refractivity (Wildman–Crippen MR) is 64.5 cm³/mol. The normalized spacial score (nSPS) is 10.6. The Morgan fingerprint density at radius 3 is 1.93 bits per heavy atom. The van der Waals surface area contributed by atoms with E-state index in [2.05, 4.69) is 30.9 Å². The first-order valence-electron chi connectivity index (χ1n) is 4.82. The second-order valence-electron chi connectivity index (χ2n) is 3.06. The maximum absolute atomic E-state index is 5.75. The molecule has 1 aromatic carbocycles. The molecule has 0 atom stereocenters. The Bertz CT molecular complexity index is 265. The zero-order valence-corrected chi connectivity index (χ0v) is 10.0. The molecule has 0 fully saturated rings. The van der Waals surface area contributed by atoms with Crippen LogP contribution in [0, 0.1) is 0 Å². The fourth-order valence-electron chi connectivity index (χ4n) is 1.42. The van der Waals surface area contributed by atoms with Gasteiger partial charge in [-0.25, -0.2) is 0 Å². The number of benzene rings is 1. The Morgan fingerprint density at radius 2 is 1.57 bits per heavy atom. The van der Waals surface area contributed by atoms with Crippen LogP contribution in [0.2, 0.25) is 0 Å². The maximum atomic E-state index is 5.75. The molecule has 78 valence electrons. The van der Waals surface area contributed by atoms with Crippen molar-refractivity contribution in [2.45, 2.75) is 18.7 Å². The second kappa shape index (κ2) is 5.47. The molecule has 0 saturated carbocycles. The van der Waals surface area contributed by atoms with E-state index in [1.165, 1.54) is 5.69 Å². The van der Waals surface area contributed by atoms with E-state index in [-0.39, 0.29) is 0 Å². The number of hydrogen-bond acceptors (Lipinski definition) is 1. The highest BCUT2D eigenvalue weighted by Gasteiger charge is 2.04. The zero-order valence-electron chi connectivity index (χ0n) is 8.50. The average molecular weight is 232 g/mol. The van der Waals surface area contributed by atoms with Gasteiger partial charge in [-0.3, -0.25) is 0 Å². The third kappa shape index (κ3) is 2.79. The Kier molecular flexibility index (Phi) is 4.56. The van der Waals surface area contributed by atoms with Gasteiger partial charge in [0.1, 0.15) is 4.84 Å². The van der Waals surface area contributed by atoms with Crippen molar-refractivity contribution >= 4 is 28.9 Å². The molecule has 0 aliphatic heterocycles. The minimum Gasteiger partial charge on any atom is -0.372 e. The predicted octanol–water partition coefficient (Wildman–Crippen LogP) is 4.01. The molecule has 1 nitrogen and oxygen atoms in total. The van der Waals surface area contributed by atoms with Crippen molar-refractivity contribution in [1.82, 2.24) is 0 Å². The molecule has 14 heavy (non-hydrogen) atoms. The van der Waals surface area contributed by atoms with Crippen LogP contribution in [0.4, 0.5) is 5.69 Å². The molecular formula is C11H15Cl2N. The Balaban J connectivity index is 2.81. The summed E-state index contributed by atoms with van der Waals surface area (Å²) >= 11 is 11.5. The molecule has 0 radical (unpaired) electrons. The number of halogens is 2. The molecule has 1 rings (SSSR count). The van der Waals surface area contributed by atoms with Gasteiger partial charge in [-0.15, -0.1) is 23.2 Å². The molecule has 0 spiro atoms. The van der Waals surface area contributed by atoms with E-state index in [9.17, 15) is 0 Å². The summed E-state index contributed by atoms with van der Waals surface area (Å²) in [6.45, 7) is 6.31. The van der Waals surface area contributed by atoms with Gasteiger partial charge in [0, 0.05) is 18.8 Å². The third-order valence-corrected chi connectivity index (χ3v) is 2.78. The maximum Gasteiger partial charge on any atom is 0.132 e. The van der Waals surface area contributed by atoms with E-state index < -0.39 is 4.84 Å². The van der Waals surface area contributed by atoms with E-state index in [1.54, 1.807) is 0 Å². The highest BCUT2D eigenvalue weighted by atomic mass is 35.5. The van der Waals surface area contributed by atoms with Crippen LogP contribution in [-0.2, 0) is 0 Å². The van der Waals surface area contributed by atoms with Crippen molar-refractivity contribution in [3.05, 3.63) is 29.8 Å². The fourth-order valence-corrected chi connectivity index (χ4v) is 1.71. The molecule has 0 N–H and O–H groups in total. The van der Waals surface area contributed by atoms with Crippen LogP contribution in [0.3, 0.4) is 0 Å². The smallest absolute Gasteiger partial charge is 0.132 e. The first-order chi connectivity index (χ1) is 6.69. The lowest BCUT2D eigenvalue weighted by molar-refractivity contribution is 0.866. The summed E-state index contributed by atoms with van der Waals surface area (Å²) in [5.74, 6) is 0. The lowest BCUT2D eigenvalue weighted by Crippen LogP contribution is -2.21. The topological polar surface area (TPSA) is 3.24 Å². The van der Waals surface area contributed by atoms with E-state index in [4.69, 9.17) is 23.2 Å². The molecule has 0 bridgehead atoms. The van der Waals surface area contributed by atoms with Gasteiger partial charge in [-0.1, -0.05) is 12.1 Å². The van der Waals surface area contributed by atoms with Crippen LogP contribution in [0.15, 0.2) is 24.3 Å². The third-order valence-electron chi connectivity index (χ3n) is 2.27. The highest BCUT2D eigenvalue weighted by Crippen LogP contribution is 2.26. The van der Waals surface area contributed by atoms with Crippen LogP contribution in [0.25, 0.3) is 0 Å². The summed E-state index contributed by atoms with van der Waals surface area (Å²) < 4.78 is 0. The number of alkyl halides is 2. The number of anilines is 1. The van der Waals surface area contributed by atoms with E-state index in [0.717, 1.165) is 18.7 Å². The van der Waals surface area contributed by atoms with Gasteiger partial charge in [0.25, 0.3) is 0 Å². The van der Waals surface area contributed by atoms with E-state index in [0.29, 0.717) is 0 Å². The van der Waals surface area contributed by atoms with Gasteiger partial charge in [-0.05, 0) is 31.5 Å². The minimum absolute atomic E-state index is 0.430. The number of hydrogen-bond donors (Lipinski definition) is 0. The summed E-state index contributed by atoms with van der Waals surface area (Å²) in [6, 6.07) is 8.05. The van der Waals surface area contributed by atoms with Gasteiger partial charge in [0.2, 0.25) is 0 Å². The first-order valence-corrected chi connectivity index (χ1v) is 5.69. The quantitative estimate of drug-likeness (QED) is 0.709. The standard InChI is InChI=1S/C11H15Cl2N/c1-3-14(4-2)10-7-5-9(6-8-10)11(12)13/h5-8,11H,3-4H2,1-2H3. The van der Waals surface area contributed by atoms with Crippen molar-refractivity contribution < 1.29 is 0 Å². The largest absolute Gasteiger partial charge is 0.372 e. The van der Waals surface area contributed by atoms with Crippen molar-refractivity contribution in [1.29, 1.82) is 0 Å². The van der Waals surface area contributed by atoms with Gasteiger partial charge in [0.05, 0.1) is 0 Å². The average Bonchev–Trinajstić information content (AvgIpc) is 2.20. The summed E-state index contributed by atoms with van der Waals surface area (Å²) in [4.78, 5) is 1.85. The first kappa shape index (κ1) is 11.7. The molecule has 0 heterocycles. The zero-order chi connectivity index (χ0) is 10.6. The van der Waals surface area contributed by atoms with Crippen LogP contribution in [-0.4, -0.2) is 13.1 Å². The Hall–Kier alpha value is -0.400. The van der Waals surface area contributed by atoms with E-state index >= 15 is 0 Å². The van der Waals surface area contributed by atoms with Crippen LogP contribution in [0.5, 0.6) is 0 Å². The van der Waals surface area contributed by atoms with Gasteiger partial charge in [0.15, 0.2) is 0 Å². The Morgan fingerprint density at radius 1 is 1.07 bits per heavy atom. The molecule has 3 heteroatoms. The van der Waals surface area contributed by atoms with Crippen LogP contribution < -0.4 is 4.90 Å². The van der Waals surface area contributed by atoms with Crippen molar-refractivity contribution in [3.8, 4) is 0 Å². The minimum atomic E-state index is -0.430. The van der Waals surface area contributed by atoms with Crippen LogP contribution >= 0.6 is 23.2 Å². The summed E-state index contributed by atoms with van der Waals surface area (Å²) in [5, 5.41) is 0. The van der Waals surface area contributed by atoms with Gasteiger partial charge < -0.3 is 4.90 Å². The highest BCUT2D eigenvalue weighted by molar-refractivity contribution is 6.44. The molecule has 0 saturated heterocycles. The van der Waals surface area contributed by atoms with Gasteiger partial charge >= 0.3 is 0 Å². The second-order valence-corrected chi connectivity index (χ2v) is 4.16. The van der Waals surface area contributed by atoms with Crippen molar-refractivity contribution in [3.63, 3.8) is 0 Å².